The predicted octanol–water partition coefficient (Wildman–Crippen LogP) is 6.28. The minimum atomic E-state index is -1.64. The number of benzene rings is 1. The van der Waals surface area contributed by atoms with Crippen molar-refractivity contribution in [2.45, 2.75) is 70.7 Å². The van der Waals surface area contributed by atoms with Gasteiger partial charge in [-0.05, 0) is 61.2 Å². The van der Waals surface area contributed by atoms with Gasteiger partial charge in [0, 0.05) is 6.10 Å². The number of rotatable bonds is 3. The second kappa shape index (κ2) is 6.21. The molecule has 2 aliphatic carbocycles. The Kier molecular flexibility index (Phi) is 4.59. The van der Waals surface area contributed by atoms with E-state index in [0.29, 0.717) is 11.1 Å². The summed E-state index contributed by atoms with van der Waals surface area (Å²) in [7, 11) is -1.64. The minimum absolute atomic E-state index is 0.312. The summed E-state index contributed by atoms with van der Waals surface area (Å²) in [5.74, 6) is 1.51. The molecule has 1 unspecified atom stereocenters. The second-order valence-corrected chi connectivity index (χ2v) is 13.8. The smallest absolute Gasteiger partial charge is 0.192 e. The monoisotopic (exact) mass is 328 g/mol. The highest BCUT2D eigenvalue weighted by Crippen LogP contribution is 2.49. The van der Waals surface area contributed by atoms with E-state index in [1.165, 1.54) is 31.2 Å². The van der Waals surface area contributed by atoms with Gasteiger partial charge in [-0.1, -0.05) is 62.8 Å². The maximum Gasteiger partial charge on any atom is 0.192 e. The Morgan fingerprint density at radius 2 is 1.57 bits per heavy atom. The number of allylic oxidation sites excluding steroid dienone is 1. The standard InChI is InChI=1S/C21H32OSi/c1-21(2,3)23(4,5)22-19-14-17-11-12-18(15-19)20(17)13-16-9-7-6-8-10-16/h6-10,13,17-19H,11-12,14-15H2,1-5H3/t17-,18+,19?. The highest BCUT2D eigenvalue weighted by molar-refractivity contribution is 6.74. The largest absolute Gasteiger partial charge is 0.414 e. The summed E-state index contributed by atoms with van der Waals surface area (Å²) in [5, 5.41) is 0.312. The van der Waals surface area contributed by atoms with Crippen LogP contribution in [0.1, 0.15) is 52.0 Å². The zero-order valence-electron chi connectivity index (χ0n) is 15.4. The molecule has 3 atom stereocenters. The Balaban J connectivity index is 1.71. The quantitative estimate of drug-likeness (QED) is 0.593. The molecule has 2 heteroatoms. The van der Waals surface area contributed by atoms with Gasteiger partial charge in [-0.25, -0.2) is 0 Å². The molecule has 0 radical (unpaired) electrons. The first-order chi connectivity index (χ1) is 10.8. The van der Waals surface area contributed by atoms with Crippen LogP contribution in [0.5, 0.6) is 0 Å². The fourth-order valence-electron chi connectivity index (χ4n) is 3.97. The lowest BCUT2D eigenvalue weighted by molar-refractivity contribution is 0.127. The first-order valence-electron chi connectivity index (χ1n) is 9.20. The Morgan fingerprint density at radius 3 is 2.09 bits per heavy atom. The van der Waals surface area contributed by atoms with Crippen molar-refractivity contribution in [1.29, 1.82) is 0 Å². The average molecular weight is 329 g/mol. The summed E-state index contributed by atoms with van der Waals surface area (Å²) >= 11 is 0. The van der Waals surface area contributed by atoms with Crippen molar-refractivity contribution in [3.63, 3.8) is 0 Å². The van der Waals surface area contributed by atoms with E-state index in [4.69, 9.17) is 4.43 Å². The van der Waals surface area contributed by atoms with Crippen LogP contribution in [0.2, 0.25) is 18.1 Å². The summed E-state index contributed by atoms with van der Waals surface area (Å²) < 4.78 is 6.73. The van der Waals surface area contributed by atoms with Gasteiger partial charge < -0.3 is 4.43 Å². The lowest BCUT2D eigenvalue weighted by Crippen LogP contribution is -2.45. The van der Waals surface area contributed by atoms with Crippen LogP contribution in [0, 0.1) is 11.8 Å². The SMILES string of the molecule is CC(C)(C)[Si](C)(C)OC1C[C@H]2CC[C@@H](C1)C2=Cc1ccccc1. The van der Waals surface area contributed by atoms with Crippen molar-refractivity contribution < 1.29 is 4.43 Å². The van der Waals surface area contributed by atoms with Crippen LogP contribution in [-0.2, 0) is 4.43 Å². The van der Waals surface area contributed by atoms with E-state index in [2.05, 4.69) is 70.3 Å². The molecule has 1 aromatic carbocycles. The van der Waals surface area contributed by atoms with Crippen LogP contribution >= 0.6 is 0 Å². The summed E-state index contributed by atoms with van der Waals surface area (Å²) in [6.07, 6.45) is 8.15. The molecule has 23 heavy (non-hydrogen) atoms. The van der Waals surface area contributed by atoms with E-state index in [1.54, 1.807) is 5.57 Å². The van der Waals surface area contributed by atoms with Gasteiger partial charge in [0.25, 0.3) is 0 Å². The molecule has 0 saturated heterocycles. The van der Waals surface area contributed by atoms with Crippen molar-refractivity contribution in [1.82, 2.24) is 0 Å². The Labute approximate surface area is 143 Å². The van der Waals surface area contributed by atoms with Gasteiger partial charge in [0.05, 0.1) is 0 Å². The van der Waals surface area contributed by atoms with E-state index >= 15 is 0 Å². The van der Waals surface area contributed by atoms with Crippen LogP contribution in [0.4, 0.5) is 0 Å². The molecule has 2 aliphatic rings. The van der Waals surface area contributed by atoms with Crippen LogP contribution < -0.4 is 0 Å². The Hall–Kier alpha value is -0.863. The maximum atomic E-state index is 6.73. The number of hydrogen-bond acceptors (Lipinski definition) is 1. The van der Waals surface area contributed by atoms with Gasteiger partial charge in [-0.15, -0.1) is 0 Å². The van der Waals surface area contributed by atoms with Crippen molar-refractivity contribution in [2.24, 2.45) is 11.8 Å². The fourth-order valence-corrected chi connectivity index (χ4v) is 5.35. The molecule has 1 aromatic rings. The topological polar surface area (TPSA) is 9.23 Å². The minimum Gasteiger partial charge on any atom is -0.414 e. The molecule has 0 N–H and O–H groups in total. The molecular formula is C21H32OSi. The lowest BCUT2D eigenvalue weighted by Gasteiger charge is -2.42. The molecule has 2 bridgehead atoms. The summed E-state index contributed by atoms with van der Waals surface area (Å²) in [4.78, 5) is 0. The van der Waals surface area contributed by atoms with E-state index in [1.807, 2.05) is 0 Å². The van der Waals surface area contributed by atoms with E-state index in [0.717, 1.165) is 11.8 Å². The Bertz CT molecular complexity index is 551. The van der Waals surface area contributed by atoms with Crippen molar-refractivity contribution in [3.8, 4) is 0 Å². The molecule has 126 valence electrons. The first-order valence-corrected chi connectivity index (χ1v) is 12.1. The van der Waals surface area contributed by atoms with E-state index in [-0.39, 0.29) is 0 Å². The first kappa shape index (κ1) is 17.0. The van der Waals surface area contributed by atoms with Crippen LogP contribution in [0.15, 0.2) is 35.9 Å². The number of fused-ring (bicyclic) bond motifs is 2. The highest BCUT2D eigenvalue weighted by Gasteiger charge is 2.44. The Morgan fingerprint density at radius 1 is 1.00 bits per heavy atom. The third-order valence-electron chi connectivity index (χ3n) is 6.30. The molecule has 0 amide bonds. The normalized spacial score (nSPS) is 30.0. The average Bonchev–Trinajstić information content (AvgIpc) is 2.69. The molecule has 3 rings (SSSR count). The zero-order valence-corrected chi connectivity index (χ0v) is 16.4. The molecule has 0 aliphatic heterocycles. The molecule has 1 nitrogen and oxygen atoms in total. The van der Waals surface area contributed by atoms with Gasteiger partial charge in [-0.3, -0.25) is 0 Å². The summed E-state index contributed by atoms with van der Waals surface area (Å²) in [6, 6.07) is 10.8. The molecule has 0 spiro atoms. The maximum absolute atomic E-state index is 6.73. The molecule has 0 heterocycles. The highest BCUT2D eigenvalue weighted by atomic mass is 28.4. The van der Waals surface area contributed by atoms with Crippen molar-refractivity contribution in [2.75, 3.05) is 0 Å². The van der Waals surface area contributed by atoms with Crippen LogP contribution in [0.3, 0.4) is 0 Å². The summed E-state index contributed by atoms with van der Waals surface area (Å²) in [6.45, 7) is 11.8. The van der Waals surface area contributed by atoms with Crippen molar-refractivity contribution in [3.05, 3.63) is 41.5 Å². The van der Waals surface area contributed by atoms with E-state index in [9.17, 15) is 0 Å². The summed E-state index contributed by atoms with van der Waals surface area (Å²) in [5.41, 5.74) is 3.06. The van der Waals surface area contributed by atoms with E-state index < -0.39 is 8.32 Å². The van der Waals surface area contributed by atoms with Gasteiger partial charge in [-0.2, -0.15) is 0 Å². The third-order valence-corrected chi connectivity index (χ3v) is 10.8. The van der Waals surface area contributed by atoms with Gasteiger partial charge in [0.15, 0.2) is 8.32 Å². The van der Waals surface area contributed by atoms with Crippen molar-refractivity contribution >= 4 is 14.4 Å². The van der Waals surface area contributed by atoms with Gasteiger partial charge >= 0.3 is 0 Å². The predicted molar refractivity (Wildman–Crippen MR) is 102 cm³/mol. The molecule has 0 aromatic heterocycles. The second-order valence-electron chi connectivity index (χ2n) is 9.00. The van der Waals surface area contributed by atoms with Crippen LogP contribution in [-0.4, -0.2) is 14.4 Å². The number of hydrogen-bond donors (Lipinski definition) is 0. The molecular weight excluding hydrogens is 296 g/mol. The van der Waals surface area contributed by atoms with Gasteiger partial charge in [0.2, 0.25) is 0 Å². The van der Waals surface area contributed by atoms with Crippen LogP contribution in [0.25, 0.3) is 6.08 Å². The molecule has 2 saturated carbocycles. The zero-order chi connectivity index (χ0) is 16.7. The molecule has 2 fully saturated rings. The van der Waals surface area contributed by atoms with Gasteiger partial charge in [0.1, 0.15) is 0 Å². The lowest BCUT2D eigenvalue weighted by atomic mass is 9.81. The fraction of sp³-hybridized carbons (Fsp3) is 0.619. The third kappa shape index (κ3) is 3.64.